The van der Waals surface area contributed by atoms with E-state index >= 15 is 0 Å². The van der Waals surface area contributed by atoms with Crippen LogP contribution < -0.4 is 0 Å². The highest BCUT2D eigenvalue weighted by atomic mass is 16.6. The average molecular weight is 433 g/mol. The summed E-state index contributed by atoms with van der Waals surface area (Å²) >= 11 is 0. The van der Waals surface area contributed by atoms with Crippen LogP contribution in [0.5, 0.6) is 0 Å². The van der Waals surface area contributed by atoms with E-state index in [2.05, 4.69) is 20.8 Å². The van der Waals surface area contributed by atoms with Crippen molar-refractivity contribution >= 4 is 11.6 Å². The highest BCUT2D eigenvalue weighted by Crippen LogP contribution is 2.20. The lowest BCUT2D eigenvalue weighted by atomic mass is 9.90. The molecule has 0 radical (unpaired) electrons. The van der Waals surface area contributed by atoms with Crippen LogP contribution in [0, 0.1) is 11.3 Å². The second-order valence-corrected chi connectivity index (χ2v) is 8.83. The Hall–Kier alpha value is -0.860. The first-order chi connectivity index (χ1) is 14.2. The van der Waals surface area contributed by atoms with Crippen molar-refractivity contribution in [1.29, 1.82) is 0 Å². The fraction of sp³-hybridized carbons (Fsp3) is 0.913. The van der Waals surface area contributed by atoms with Crippen LogP contribution in [-0.4, -0.2) is 77.6 Å². The Bertz CT molecular complexity index is 430. The van der Waals surface area contributed by atoms with Gasteiger partial charge in [0.15, 0.2) is 5.78 Å². The van der Waals surface area contributed by atoms with Gasteiger partial charge in [-0.2, -0.15) is 0 Å². The van der Waals surface area contributed by atoms with E-state index in [4.69, 9.17) is 23.7 Å². The maximum atomic E-state index is 11.7. The lowest BCUT2D eigenvalue weighted by Gasteiger charge is -2.16. The molecule has 178 valence electrons. The summed E-state index contributed by atoms with van der Waals surface area (Å²) in [6.07, 6.45) is 2.78. The molecule has 0 rings (SSSR count). The SMILES string of the molecule is CC(C)C(=O)CCCOCCOCCOCCOCCOCC(=O)CCC(C)(C)C. The molecular weight excluding hydrogens is 388 g/mol. The number of ether oxygens (including phenoxy) is 5. The van der Waals surface area contributed by atoms with Crippen LogP contribution in [0.2, 0.25) is 0 Å². The van der Waals surface area contributed by atoms with Crippen LogP contribution in [0.1, 0.15) is 60.3 Å². The number of carbonyl (C=O) groups excluding carboxylic acids is 2. The highest BCUT2D eigenvalue weighted by molar-refractivity contribution is 5.80. The maximum Gasteiger partial charge on any atom is 0.158 e. The van der Waals surface area contributed by atoms with Crippen LogP contribution in [-0.2, 0) is 33.3 Å². The van der Waals surface area contributed by atoms with Crippen molar-refractivity contribution in [3.8, 4) is 0 Å². The standard InChI is InChI=1S/C23H44O7/c1-20(2)22(25)7-6-10-26-11-12-27-13-14-28-15-16-29-17-18-30-19-21(24)8-9-23(3,4)5/h20H,6-19H2,1-5H3. The molecule has 0 saturated carbocycles. The molecule has 0 aliphatic carbocycles. The topological polar surface area (TPSA) is 80.3 Å². The maximum absolute atomic E-state index is 11.7. The Kier molecular flexibility index (Phi) is 18.3. The summed E-state index contributed by atoms with van der Waals surface area (Å²) in [6, 6.07) is 0. The highest BCUT2D eigenvalue weighted by Gasteiger charge is 2.12. The molecule has 0 saturated heterocycles. The summed E-state index contributed by atoms with van der Waals surface area (Å²) in [6.45, 7) is 14.9. The largest absolute Gasteiger partial charge is 0.379 e. The van der Waals surface area contributed by atoms with Gasteiger partial charge in [0.25, 0.3) is 0 Å². The molecule has 0 aromatic heterocycles. The zero-order valence-electron chi connectivity index (χ0n) is 19.8. The second kappa shape index (κ2) is 18.9. The molecule has 0 unspecified atom stereocenters. The second-order valence-electron chi connectivity index (χ2n) is 8.83. The minimum absolute atomic E-state index is 0.103. The van der Waals surface area contributed by atoms with Gasteiger partial charge < -0.3 is 23.7 Å². The molecule has 0 aliphatic heterocycles. The first-order valence-electron chi connectivity index (χ1n) is 11.2. The summed E-state index contributed by atoms with van der Waals surface area (Å²) in [5.41, 5.74) is 0.174. The van der Waals surface area contributed by atoms with Gasteiger partial charge in [-0.25, -0.2) is 0 Å². The van der Waals surface area contributed by atoms with E-state index in [1.54, 1.807) is 0 Å². The number of ketones is 2. The van der Waals surface area contributed by atoms with Gasteiger partial charge in [-0.15, -0.1) is 0 Å². The van der Waals surface area contributed by atoms with Gasteiger partial charge in [0.05, 0.1) is 52.9 Å². The van der Waals surface area contributed by atoms with Gasteiger partial charge in [0.1, 0.15) is 12.4 Å². The third-order valence-corrected chi connectivity index (χ3v) is 4.26. The average Bonchev–Trinajstić information content (AvgIpc) is 2.67. The van der Waals surface area contributed by atoms with E-state index in [9.17, 15) is 9.59 Å². The van der Waals surface area contributed by atoms with Crippen molar-refractivity contribution < 1.29 is 33.3 Å². The Morgan fingerprint density at radius 3 is 1.53 bits per heavy atom. The summed E-state index contributed by atoms with van der Waals surface area (Å²) in [5, 5.41) is 0. The van der Waals surface area contributed by atoms with Gasteiger partial charge in [-0.05, 0) is 18.3 Å². The molecule has 7 nitrogen and oxygen atoms in total. The molecular formula is C23H44O7. The Labute approximate surface area is 183 Å². The first-order valence-corrected chi connectivity index (χ1v) is 11.2. The molecule has 0 heterocycles. The van der Waals surface area contributed by atoms with Crippen molar-refractivity contribution in [2.45, 2.75) is 60.3 Å². The number of Topliss-reactive ketones (excluding diaryl/α,β-unsaturated/α-hetero) is 2. The molecule has 0 amide bonds. The van der Waals surface area contributed by atoms with Crippen LogP contribution in [0.4, 0.5) is 0 Å². The van der Waals surface area contributed by atoms with E-state index in [1.807, 2.05) is 13.8 Å². The molecule has 0 atom stereocenters. The molecule has 0 aromatic rings. The van der Waals surface area contributed by atoms with Crippen molar-refractivity contribution in [3.05, 3.63) is 0 Å². The lowest BCUT2D eigenvalue weighted by molar-refractivity contribution is -0.124. The van der Waals surface area contributed by atoms with E-state index in [-0.39, 0.29) is 29.5 Å². The van der Waals surface area contributed by atoms with Gasteiger partial charge >= 0.3 is 0 Å². The van der Waals surface area contributed by atoms with E-state index < -0.39 is 0 Å². The third-order valence-electron chi connectivity index (χ3n) is 4.26. The van der Waals surface area contributed by atoms with Crippen molar-refractivity contribution in [2.75, 3.05) is 66.1 Å². The lowest BCUT2D eigenvalue weighted by Crippen LogP contribution is -2.16. The van der Waals surface area contributed by atoms with Crippen molar-refractivity contribution in [2.24, 2.45) is 11.3 Å². The molecule has 30 heavy (non-hydrogen) atoms. The van der Waals surface area contributed by atoms with Gasteiger partial charge in [0, 0.05) is 25.4 Å². The molecule has 0 spiro atoms. The molecule has 7 heteroatoms. The summed E-state index contributed by atoms with van der Waals surface area (Å²) in [4.78, 5) is 23.1. The number of hydrogen-bond acceptors (Lipinski definition) is 7. The number of carbonyl (C=O) groups is 2. The predicted molar refractivity (Wildman–Crippen MR) is 117 cm³/mol. The Balaban J connectivity index is 3.20. The first kappa shape index (κ1) is 29.1. The predicted octanol–water partition coefficient (Wildman–Crippen LogP) is 3.47. The number of rotatable bonds is 21. The summed E-state index contributed by atoms with van der Waals surface area (Å²) in [5.74, 6) is 0.524. The zero-order valence-corrected chi connectivity index (χ0v) is 19.8. The Morgan fingerprint density at radius 2 is 1.10 bits per heavy atom. The molecule has 0 fully saturated rings. The fourth-order valence-electron chi connectivity index (χ4n) is 2.29. The molecule has 0 aliphatic rings. The van der Waals surface area contributed by atoms with Crippen LogP contribution >= 0.6 is 0 Å². The van der Waals surface area contributed by atoms with Gasteiger partial charge in [-0.3, -0.25) is 9.59 Å². The Morgan fingerprint density at radius 1 is 0.667 bits per heavy atom. The van der Waals surface area contributed by atoms with E-state index in [0.29, 0.717) is 72.3 Å². The van der Waals surface area contributed by atoms with E-state index in [0.717, 1.165) is 12.8 Å². The number of hydrogen-bond donors (Lipinski definition) is 0. The molecule has 0 aromatic carbocycles. The summed E-state index contributed by atoms with van der Waals surface area (Å²) in [7, 11) is 0. The monoisotopic (exact) mass is 432 g/mol. The van der Waals surface area contributed by atoms with Crippen molar-refractivity contribution in [1.82, 2.24) is 0 Å². The molecule has 0 bridgehead atoms. The van der Waals surface area contributed by atoms with E-state index in [1.165, 1.54) is 0 Å². The normalized spacial score (nSPS) is 11.9. The summed E-state index contributed by atoms with van der Waals surface area (Å²) < 4.78 is 27.0. The zero-order chi connectivity index (χ0) is 22.7. The third kappa shape index (κ3) is 21.8. The van der Waals surface area contributed by atoms with Gasteiger partial charge in [0.2, 0.25) is 0 Å². The molecule has 0 N–H and O–H groups in total. The van der Waals surface area contributed by atoms with Crippen LogP contribution in [0.25, 0.3) is 0 Å². The van der Waals surface area contributed by atoms with Crippen molar-refractivity contribution in [3.63, 3.8) is 0 Å². The minimum atomic E-state index is 0.103. The van der Waals surface area contributed by atoms with Gasteiger partial charge in [-0.1, -0.05) is 34.6 Å². The smallest absolute Gasteiger partial charge is 0.158 e. The van der Waals surface area contributed by atoms with Crippen LogP contribution in [0.15, 0.2) is 0 Å². The quantitative estimate of drug-likeness (QED) is 0.257. The minimum Gasteiger partial charge on any atom is -0.379 e. The fourth-order valence-corrected chi connectivity index (χ4v) is 2.29. The van der Waals surface area contributed by atoms with Crippen LogP contribution in [0.3, 0.4) is 0 Å².